The normalized spacial score (nSPS) is 9.85. The van der Waals surface area contributed by atoms with Crippen molar-refractivity contribution in [2.75, 3.05) is 17.7 Å². The van der Waals surface area contributed by atoms with Gasteiger partial charge >= 0.3 is 0 Å². The Kier molecular flexibility index (Phi) is 4.28. The van der Waals surface area contributed by atoms with Gasteiger partial charge in [-0.1, -0.05) is 23.7 Å². The van der Waals surface area contributed by atoms with Crippen LogP contribution in [0, 0.1) is 11.3 Å². The van der Waals surface area contributed by atoms with Crippen molar-refractivity contribution in [2.24, 2.45) is 0 Å². The van der Waals surface area contributed by atoms with Crippen molar-refractivity contribution in [1.82, 2.24) is 4.98 Å². The lowest BCUT2D eigenvalue weighted by Gasteiger charge is -2.12. The lowest BCUT2D eigenvalue weighted by molar-refractivity contribution is 0.326. The molecule has 0 saturated heterocycles. The summed E-state index contributed by atoms with van der Waals surface area (Å²) >= 11 is 6.07. The number of nitrogens with zero attached hydrogens (tertiary/aromatic N) is 2. The lowest BCUT2D eigenvalue weighted by atomic mass is 10.2. The Balaban J connectivity index is 2.39. The van der Waals surface area contributed by atoms with Crippen molar-refractivity contribution in [3.05, 3.63) is 40.9 Å². The van der Waals surface area contributed by atoms with Gasteiger partial charge in [0, 0.05) is 6.07 Å². The van der Waals surface area contributed by atoms with Crippen LogP contribution >= 0.6 is 11.6 Å². The molecule has 0 bridgehead atoms. The second-order valence-corrected chi connectivity index (χ2v) is 4.33. The lowest BCUT2D eigenvalue weighted by Crippen LogP contribution is -2.04. The molecule has 1 aromatic carbocycles. The molecule has 0 unspecified atom stereocenters. The van der Waals surface area contributed by atoms with E-state index in [2.05, 4.69) is 10.3 Å². The number of pyridine rings is 1. The van der Waals surface area contributed by atoms with Crippen LogP contribution in [0.1, 0.15) is 12.5 Å². The Labute approximate surface area is 122 Å². The summed E-state index contributed by atoms with van der Waals surface area (Å²) in [5.41, 5.74) is 7.08. The molecule has 0 saturated carbocycles. The van der Waals surface area contributed by atoms with Gasteiger partial charge in [0.15, 0.2) is 0 Å². The number of nitriles is 1. The van der Waals surface area contributed by atoms with E-state index < -0.39 is 0 Å². The van der Waals surface area contributed by atoms with Crippen LogP contribution in [0.2, 0.25) is 5.02 Å². The van der Waals surface area contributed by atoms with Crippen molar-refractivity contribution in [1.29, 1.82) is 5.26 Å². The topological polar surface area (TPSA) is 84.0 Å². The molecule has 102 valence electrons. The highest BCUT2D eigenvalue weighted by Crippen LogP contribution is 2.29. The molecule has 0 atom stereocenters. The minimum Gasteiger partial charge on any atom is -0.477 e. The molecule has 2 aromatic rings. The first-order valence-corrected chi connectivity index (χ1v) is 6.38. The average Bonchev–Trinajstić information content (AvgIpc) is 2.42. The van der Waals surface area contributed by atoms with Crippen LogP contribution in [-0.4, -0.2) is 11.6 Å². The largest absolute Gasteiger partial charge is 0.477 e. The van der Waals surface area contributed by atoms with E-state index in [1.165, 1.54) is 0 Å². The highest BCUT2D eigenvalue weighted by atomic mass is 35.5. The van der Waals surface area contributed by atoms with E-state index >= 15 is 0 Å². The maximum absolute atomic E-state index is 9.06. The van der Waals surface area contributed by atoms with E-state index in [9.17, 15) is 0 Å². The molecule has 5 nitrogen and oxygen atoms in total. The number of halogens is 1. The molecule has 0 fully saturated rings. The first-order valence-electron chi connectivity index (χ1n) is 6.00. The number of anilines is 3. The smallest absolute Gasteiger partial charge is 0.235 e. The number of rotatable bonds is 4. The molecule has 1 heterocycles. The first-order chi connectivity index (χ1) is 9.65. The van der Waals surface area contributed by atoms with Crippen molar-refractivity contribution >= 4 is 28.8 Å². The number of nitrogens with two attached hydrogens (primary N) is 1. The van der Waals surface area contributed by atoms with E-state index in [1.54, 1.807) is 12.1 Å². The SMILES string of the molecule is CCOc1nc(Nc2ccccc2Cl)cc(N)c1C#N. The fourth-order valence-corrected chi connectivity index (χ4v) is 1.84. The van der Waals surface area contributed by atoms with Gasteiger partial charge in [-0.05, 0) is 19.1 Å². The standard InChI is InChI=1S/C14H13ClN4O/c1-2-20-14-9(8-16)11(17)7-13(19-14)18-12-6-4-3-5-10(12)15/h3-7H,2H2,1H3,(H3,17,18,19). The van der Waals surface area contributed by atoms with E-state index in [-0.39, 0.29) is 11.4 Å². The van der Waals surface area contributed by atoms with Gasteiger partial charge in [0.05, 0.1) is 23.0 Å². The monoisotopic (exact) mass is 288 g/mol. The highest BCUT2D eigenvalue weighted by Gasteiger charge is 2.12. The highest BCUT2D eigenvalue weighted by molar-refractivity contribution is 6.33. The zero-order valence-corrected chi connectivity index (χ0v) is 11.6. The van der Waals surface area contributed by atoms with Crippen molar-refractivity contribution in [3.63, 3.8) is 0 Å². The fourth-order valence-electron chi connectivity index (χ4n) is 1.66. The van der Waals surface area contributed by atoms with Crippen LogP contribution in [0.5, 0.6) is 5.88 Å². The summed E-state index contributed by atoms with van der Waals surface area (Å²) in [7, 11) is 0. The molecule has 0 aliphatic heterocycles. The van der Waals surface area contributed by atoms with Gasteiger partial charge in [0.25, 0.3) is 0 Å². The van der Waals surface area contributed by atoms with E-state index in [1.807, 2.05) is 31.2 Å². The summed E-state index contributed by atoms with van der Waals surface area (Å²) in [5, 5.41) is 12.7. The molecule has 0 aliphatic carbocycles. The van der Waals surface area contributed by atoms with Crippen LogP contribution in [0.3, 0.4) is 0 Å². The molecule has 3 N–H and O–H groups in total. The summed E-state index contributed by atoms with van der Waals surface area (Å²) in [4.78, 5) is 4.24. The van der Waals surface area contributed by atoms with Gasteiger partial charge in [-0.15, -0.1) is 0 Å². The summed E-state index contributed by atoms with van der Waals surface area (Å²) in [6, 6.07) is 10.8. The summed E-state index contributed by atoms with van der Waals surface area (Å²) in [6.07, 6.45) is 0. The number of aromatic nitrogens is 1. The molecule has 20 heavy (non-hydrogen) atoms. The number of benzene rings is 1. The average molecular weight is 289 g/mol. The van der Waals surface area contributed by atoms with Gasteiger partial charge in [-0.25, -0.2) is 0 Å². The minimum atomic E-state index is 0.213. The Hall–Kier alpha value is -2.45. The van der Waals surface area contributed by atoms with Gasteiger partial charge < -0.3 is 15.8 Å². The van der Waals surface area contributed by atoms with Crippen LogP contribution < -0.4 is 15.8 Å². The summed E-state index contributed by atoms with van der Waals surface area (Å²) in [5.74, 6) is 0.683. The molecule has 0 radical (unpaired) electrons. The van der Waals surface area contributed by atoms with E-state index in [4.69, 9.17) is 27.3 Å². The number of ether oxygens (including phenoxy) is 1. The number of hydrogen-bond acceptors (Lipinski definition) is 5. The third-order valence-corrected chi connectivity index (χ3v) is 2.88. The molecule has 1 aromatic heterocycles. The second-order valence-electron chi connectivity index (χ2n) is 3.93. The fraction of sp³-hybridized carbons (Fsp3) is 0.143. The third-order valence-electron chi connectivity index (χ3n) is 2.55. The van der Waals surface area contributed by atoms with Crippen LogP contribution in [0.4, 0.5) is 17.2 Å². The Morgan fingerprint density at radius 1 is 1.45 bits per heavy atom. The Bertz CT molecular complexity index is 667. The quantitative estimate of drug-likeness (QED) is 0.901. The van der Waals surface area contributed by atoms with Crippen LogP contribution in [-0.2, 0) is 0 Å². The number of hydrogen-bond donors (Lipinski definition) is 2. The molecule has 6 heteroatoms. The summed E-state index contributed by atoms with van der Waals surface area (Å²) < 4.78 is 5.33. The maximum Gasteiger partial charge on any atom is 0.235 e. The van der Waals surface area contributed by atoms with E-state index in [0.717, 1.165) is 0 Å². The zero-order valence-electron chi connectivity index (χ0n) is 10.9. The van der Waals surface area contributed by atoms with Gasteiger partial charge in [0.1, 0.15) is 17.5 Å². The zero-order chi connectivity index (χ0) is 14.5. The number of para-hydroxylation sites is 1. The van der Waals surface area contributed by atoms with Crippen molar-refractivity contribution < 1.29 is 4.74 Å². The van der Waals surface area contributed by atoms with E-state index in [0.29, 0.717) is 28.8 Å². The van der Waals surface area contributed by atoms with Crippen molar-refractivity contribution in [3.8, 4) is 11.9 Å². The van der Waals surface area contributed by atoms with Gasteiger partial charge in [0.2, 0.25) is 5.88 Å². The number of nitrogens with one attached hydrogen (secondary N) is 1. The van der Waals surface area contributed by atoms with Crippen LogP contribution in [0.25, 0.3) is 0 Å². The predicted octanol–water partition coefficient (Wildman–Crippen LogP) is 3.33. The molecule has 0 amide bonds. The second kappa shape index (κ2) is 6.13. The van der Waals surface area contributed by atoms with Crippen LogP contribution in [0.15, 0.2) is 30.3 Å². The van der Waals surface area contributed by atoms with Crippen molar-refractivity contribution in [2.45, 2.75) is 6.92 Å². The minimum absolute atomic E-state index is 0.213. The Morgan fingerprint density at radius 2 is 2.20 bits per heavy atom. The molecule has 0 aliphatic rings. The Morgan fingerprint density at radius 3 is 2.85 bits per heavy atom. The molecule has 0 spiro atoms. The molecular formula is C14H13ClN4O. The first kappa shape index (κ1) is 14.0. The maximum atomic E-state index is 9.06. The molecule has 2 rings (SSSR count). The van der Waals surface area contributed by atoms with Gasteiger partial charge in [-0.2, -0.15) is 10.2 Å². The summed E-state index contributed by atoms with van der Waals surface area (Å²) in [6.45, 7) is 2.21. The molecular weight excluding hydrogens is 276 g/mol. The number of nitrogen functional groups attached to an aromatic ring is 1. The predicted molar refractivity (Wildman–Crippen MR) is 79.3 cm³/mol. The van der Waals surface area contributed by atoms with Gasteiger partial charge in [-0.3, -0.25) is 0 Å². The third kappa shape index (κ3) is 2.92.